The van der Waals surface area contributed by atoms with Gasteiger partial charge in [-0.15, -0.1) is 0 Å². The van der Waals surface area contributed by atoms with Gasteiger partial charge in [0.1, 0.15) is 18.0 Å². The number of anilines is 1. The minimum atomic E-state index is -3.91. The second kappa shape index (κ2) is 9.19. The number of nitrogens with zero attached hydrogens (tertiary/aromatic N) is 2. The summed E-state index contributed by atoms with van der Waals surface area (Å²) in [7, 11) is -5.39. The molecular formula is C21H27IN2O4SSi. The van der Waals surface area contributed by atoms with Gasteiger partial charge in [0, 0.05) is 19.0 Å². The molecule has 3 rings (SSSR count). The summed E-state index contributed by atoms with van der Waals surface area (Å²) >= 11 is 2.26. The second-order valence-corrected chi connectivity index (χ2v) is 16.5. The van der Waals surface area contributed by atoms with Crippen LogP contribution in [-0.4, -0.2) is 32.4 Å². The number of alkyl halides is 1. The Morgan fingerprint density at radius 1 is 1.07 bits per heavy atom. The highest BCUT2D eigenvalue weighted by Crippen LogP contribution is 2.37. The summed E-state index contributed by atoms with van der Waals surface area (Å²) in [5.74, 6) is 0.202. The Morgan fingerprint density at radius 2 is 1.77 bits per heavy atom. The molecule has 0 unspecified atom stereocenters. The number of halogens is 1. The molecule has 1 N–H and O–H groups in total. The molecule has 0 aliphatic carbocycles. The van der Waals surface area contributed by atoms with Crippen LogP contribution in [0, 0.1) is 0 Å². The zero-order valence-corrected chi connectivity index (χ0v) is 21.4. The lowest BCUT2D eigenvalue weighted by Crippen LogP contribution is -2.37. The number of hydrogen-bond donors (Lipinski definition) is 1. The summed E-state index contributed by atoms with van der Waals surface area (Å²) < 4.78 is 35.4. The molecular weight excluding hydrogens is 531 g/mol. The molecule has 0 fully saturated rings. The highest BCUT2D eigenvalue weighted by atomic mass is 127. The van der Waals surface area contributed by atoms with Crippen molar-refractivity contribution in [3.63, 3.8) is 0 Å². The summed E-state index contributed by atoms with van der Waals surface area (Å²) in [6, 6.07) is 15.9. The van der Waals surface area contributed by atoms with Gasteiger partial charge < -0.3 is 9.84 Å². The highest BCUT2D eigenvalue weighted by Gasteiger charge is 2.39. The molecule has 0 saturated heterocycles. The molecule has 2 aromatic rings. The van der Waals surface area contributed by atoms with Crippen LogP contribution in [-0.2, 0) is 21.2 Å². The average molecular weight is 559 g/mol. The monoisotopic (exact) mass is 558 g/mol. The van der Waals surface area contributed by atoms with E-state index in [2.05, 4.69) is 42.2 Å². The van der Waals surface area contributed by atoms with Gasteiger partial charge in [0.2, 0.25) is 5.88 Å². The first-order valence-electron chi connectivity index (χ1n) is 9.70. The van der Waals surface area contributed by atoms with Crippen molar-refractivity contribution in [2.75, 3.05) is 10.8 Å². The van der Waals surface area contributed by atoms with Crippen molar-refractivity contribution in [3.8, 4) is 5.75 Å². The van der Waals surface area contributed by atoms with E-state index in [0.717, 1.165) is 30.2 Å². The molecule has 6 nitrogen and oxygen atoms in total. The lowest BCUT2D eigenvalue weighted by molar-refractivity contribution is 0.294. The molecule has 0 bridgehead atoms. The van der Waals surface area contributed by atoms with E-state index in [0.29, 0.717) is 18.0 Å². The van der Waals surface area contributed by atoms with Crippen molar-refractivity contribution in [3.05, 3.63) is 71.7 Å². The Morgan fingerprint density at radius 3 is 2.40 bits per heavy atom. The molecule has 2 aromatic carbocycles. The van der Waals surface area contributed by atoms with Gasteiger partial charge in [-0.2, -0.15) is 8.42 Å². The number of aliphatic hydroxyl groups is 1. The minimum absolute atomic E-state index is 0.264. The summed E-state index contributed by atoms with van der Waals surface area (Å²) in [4.78, 5) is 0. The van der Waals surface area contributed by atoms with Crippen molar-refractivity contribution in [1.29, 1.82) is 0 Å². The lowest BCUT2D eigenvalue weighted by atomic mass is 10.2. The van der Waals surface area contributed by atoms with Crippen LogP contribution >= 0.6 is 22.6 Å². The molecule has 0 saturated carbocycles. The smallest absolute Gasteiger partial charge is 0.332 e. The Kier molecular flexibility index (Phi) is 7.03. The lowest BCUT2D eigenvalue weighted by Gasteiger charge is -2.25. The van der Waals surface area contributed by atoms with Crippen molar-refractivity contribution < 1.29 is 18.3 Å². The maximum atomic E-state index is 13.2. The predicted octanol–water partition coefficient (Wildman–Crippen LogP) is 5.26. The van der Waals surface area contributed by atoms with Crippen LogP contribution in [0.4, 0.5) is 5.69 Å². The van der Waals surface area contributed by atoms with Gasteiger partial charge in [0.05, 0.1) is 6.20 Å². The van der Waals surface area contributed by atoms with Crippen molar-refractivity contribution in [1.82, 2.24) is 4.31 Å². The highest BCUT2D eigenvalue weighted by molar-refractivity contribution is 14.1. The Bertz CT molecular complexity index is 1020. The number of benzene rings is 2. The van der Waals surface area contributed by atoms with E-state index < -0.39 is 18.3 Å². The molecule has 0 spiro atoms. The zero-order chi connectivity index (χ0) is 21.9. The molecule has 0 aromatic heterocycles. The topological polar surface area (TPSA) is 70.1 Å². The fourth-order valence-corrected chi connectivity index (χ4v) is 5.97. The summed E-state index contributed by atoms with van der Waals surface area (Å²) in [6.07, 6.45) is 1.26. The standard InChI is InChI=1S/C21H27IN2O4SSi/c1-30(2,3)12-11-23-21(25)15-24(29(23,26)27)19-10-9-18(14-22)13-20(19)28-16-17-7-5-4-6-8-17/h4-10,13,15,25H,11-12,14,16H2,1-3H3. The average Bonchev–Trinajstić information content (AvgIpc) is 2.92. The molecule has 1 aliphatic heterocycles. The van der Waals surface area contributed by atoms with E-state index in [1.807, 2.05) is 42.5 Å². The van der Waals surface area contributed by atoms with Gasteiger partial charge in [-0.25, -0.2) is 8.61 Å². The van der Waals surface area contributed by atoms with Crippen LogP contribution in [0.3, 0.4) is 0 Å². The number of aliphatic hydroxyl groups excluding tert-OH is 1. The summed E-state index contributed by atoms with van der Waals surface area (Å²) in [6.45, 7) is 7.11. The number of hydrogen-bond acceptors (Lipinski definition) is 4. The SMILES string of the molecule is C[Si](C)(C)CCN1C(O)=CN(c2ccc(CI)cc2OCc2ccccc2)S1(=O)=O. The first-order valence-corrected chi connectivity index (χ1v) is 16.3. The number of ether oxygens (including phenoxy) is 1. The van der Waals surface area contributed by atoms with Crippen LogP contribution in [0.1, 0.15) is 11.1 Å². The minimum Gasteiger partial charge on any atom is -0.493 e. The quantitative estimate of drug-likeness (QED) is 0.273. The van der Waals surface area contributed by atoms with E-state index >= 15 is 0 Å². The fourth-order valence-electron chi connectivity index (χ4n) is 3.00. The van der Waals surface area contributed by atoms with Crippen LogP contribution in [0.15, 0.2) is 60.6 Å². The zero-order valence-electron chi connectivity index (χ0n) is 17.4. The Hall–Kier alpha value is -1.72. The third kappa shape index (κ3) is 5.30. The number of rotatable bonds is 8. The maximum absolute atomic E-state index is 13.2. The van der Waals surface area contributed by atoms with Gasteiger partial charge >= 0.3 is 10.2 Å². The van der Waals surface area contributed by atoms with Crippen LogP contribution < -0.4 is 9.04 Å². The summed E-state index contributed by atoms with van der Waals surface area (Å²) in [5, 5.41) is 10.4. The molecule has 0 atom stereocenters. The third-order valence-electron chi connectivity index (χ3n) is 4.73. The third-order valence-corrected chi connectivity index (χ3v) is 9.06. The van der Waals surface area contributed by atoms with E-state index in [1.54, 1.807) is 6.07 Å². The Labute approximate surface area is 193 Å². The molecule has 30 heavy (non-hydrogen) atoms. The molecule has 162 valence electrons. The molecule has 1 aliphatic rings. The molecule has 9 heteroatoms. The van der Waals surface area contributed by atoms with Crippen molar-refractivity contribution >= 4 is 46.6 Å². The molecule has 0 amide bonds. The first-order chi connectivity index (χ1) is 14.1. The second-order valence-electron chi connectivity index (χ2n) is 8.38. The molecule has 0 radical (unpaired) electrons. The first kappa shape index (κ1) is 23.0. The van der Waals surface area contributed by atoms with E-state index in [1.165, 1.54) is 6.20 Å². The predicted molar refractivity (Wildman–Crippen MR) is 132 cm³/mol. The van der Waals surface area contributed by atoms with Gasteiger partial charge in [-0.1, -0.05) is 78.6 Å². The van der Waals surface area contributed by atoms with Crippen molar-refractivity contribution in [2.45, 2.75) is 36.7 Å². The van der Waals surface area contributed by atoms with Gasteiger partial charge in [-0.05, 0) is 29.3 Å². The summed E-state index contributed by atoms with van der Waals surface area (Å²) in [5.41, 5.74) is 2.41. The Balaban J connectivity index is 1.90. The maximum Gasteiger partial charge on any atom is 0.332 e. The van der Waals surface area contributed by atoms with Gasteiger partial charge in [-0.3, -0.25) is 0 Å². The molecule has 1 heterocycles. The largest absolute Gasteiger partial charge is 0.493 e. The van der Waals surface area contributed by atoms with E-state index in [9.17, 15) is 13.5 Å². The van der Waals surface area contributed by atoms with Crippen molar-refractivity contribution in [2.24, 2.45) is 0 Å². The fraction of sp³-hybridized carbons (Fsp3) is 0.333. The van der Waals surface area contributed by atoms with Gasteiger partial charge in [0.15, 0.2) is 0 Å². The normalized spacial score (nSPS) is 15.9. The van der Waals surface area contributed by atoms with E-state index in [-0.39, 0.29) is 12.4 Å². The van der Waals surface area contributed by atoms with Crippen LogP contribution in [0.5, 0.6) is 5.75 Å². The van der Waals surface area contributed by atoms with E-state index in [4.69, 9.17) is 4.74 Å². The van der Waals surface area contributed by atoms with Gasteiger partial charge in [0.25, 0.3) is 0 Å². The van der Waals surface area contributed by atoms with Crippen LogP contribution in [0.25, 0.3) is 0 Å². The van der Waals surface area contributed by atoms with Crippen LogP contribution in [0.2, 0.25) is 25.7 Å².